The Balaban J connectivity index is 2.70. The fraction of sp³-hybridized carbons (Fsp3) is 0. The van der Waals surface area contributed by atoms with Crippen LogP contribution in [0.15, 0.2) is 18.2 Å². The molecule has 0 aliphatic rings. The summed E-state index contributed by atoms with van der Waals surface area (Å²) in [5.74, 6) is 0. The SMILES string of the molecule is Nc1snc2cc([N+](=O)[O-])ccc12. The van der Waals surface area contributed by atoms with Crippen LogP contribution >= 0.6 is 11.5 Å². The van der Waals surface area contributed by atoms with Crippen LogP contribution in [0, 0.1) is 10.1 Å². The van der Waals surface area contributed by atoms with Gasteiger partial charge in [-0.2, -0.15) is 4.37 Å². The molecule has 13 heavy (non-hydrogen) atoms. The lowest BCUT2D eigenvalue weighted by Gasteiger charge is -1.90. The van der Waals surface area contributed by atoms with Gasteiger partial charge in [-0.1, -0.05) is 0 Å². The first kappa shape index (κ1) is 7.93. The van der Waals surface area contributed by atoms with Crippen LogP contribution in [0.25, 0.3) is 10.9 Å². The molecule has 0 unspecified atom stereocenters. The van der Waals surface area contributed by atoms with Gasteiger partial charge in [0.1, 0.15) is 5.00 Å². The van der Waals surface area contributed by atoms with Gasteiger partial charge >= 0.3 is 0 Å². The maximum Gasteiger partial charge on any atom is 0.271 e. The molecule has 6 heteroatoms. The Kier molecular flexibility index (Phi) is 1.63. The van der Waals surface area contributed by atoms with Crippen LogP contribution in [0.3, 0.4) is 0 Å². The van der Waals surface area contributed by atoms with Gasteiger partial charge in [0.25, 0.3) is 5.69 Å². The highest BCUT2D eigenvalue weighted by Gasteiger charge is 2.09. The lowest BCUT2D eigenvalue weighted by molar-refractivity contribution is -0.384. The number of nitrogens with zero attached hydrogens (tertiary/aromatic N) is 2. The van der Waals surface area contributed by atoms with Crippen molar-refractivity contribution in [2.45, 2.75) is 0 Å². The summed E-state index contributed by atoms with van der Waals surface area (Å²) in [7, 11) is 0. The summed E-state index contributed by atoms with van der Waals surface area (Å²) >= 11 is 1.14. The number of hydrogen-bond donors (Lipinski definition) is 1. The van der Waals surface area contributed by atoms with Crippen molar-refractivity contribution in [2.75, 3.05) is 5.73 Å². The average Bonchev–Trinajstić information content (AvgIpc) is 2.47. The molecular weight excluding hydrogens is 190 g/mol. The van der Waals surface area contributed by atoms with Gasteiger partial charge in [-0.3, -0.25) is 10.1 Å². The van der Waals surface area contributed by atoms with Crippen LogP contribution in [-0.4, -0.2) is 9.30 Å². The number of hydrogen-bond acceptors (Lipinski definition) is 5. The van der Waals surface area contributed by atoms with Crippen molar-refractivity contribution in [1.82, 2.24) is 4.37 Å². The third-order valence-electron chi connectivity index (χ3n) is 1.70. The number of nitrogen functional groups attached to an aromatic ring is 1. The highest BCUT2D eigenvalue weighted by molar-refractivity contribution is 7.11. The second kappa shape index (κ2) is 2.67. The zero-order valence-electron chi connectivity index (χ0n) is 6.43. The van der Waals surface area contributed by atoms with Gasteiger partial charge in [0.05, 0.1) is 10.4 Å². The van der Waals surface area contributed by atoms with E-state index in [1.807, 2.05) is 0 Å². The van der Waals surface area contributed by atoms with E-state index in [1.165, 1.54) is 12.1 Å². The molecule has 2 N–H and O–H groups in total. The van der Waals surface area contributed by atoms with E-state index < -0.39 is 4.92 Å². The molecule has 0 aliphatic heterocycles. The van der Waals surface area contributed by atoms with Crippen molar-refractivity contribution in [3.8, 4) is 0 Å². The molecule has 0 bridgehead atoms. The molecule has 2 aromatic rings. The Morgan fingerprint density at radius 1 is 1.54 bits per heavy atom. The van der Waals surface area contributed by atoms with Gasteiger partial charge in [0, 0.05) is 17.5 Å². The summed E-state index contributed by atoms with van der Waals surface area (Å²) in [5, 5.41) is 11.8. The maximum absolute atomic E-state index is 10.4. The van der Waals surface area contributed by atoms with Crippen LogP contribution in [0.1, 0.15) is 0 Å². The predicted molar refractivity (Wildman–Crippen MR) is 50.7 cm³/mol. The lowest BCUT2D eigenvalue weighted by Crippen LogP contribution is -1.87. The van der Waals surface area contributed by atoms with Crippen molar-refractivity contribution in [3.05, 3.63) is 28.3 Å². The minimum atomic E-state index is -0.449. The van der Waals surface area contributed by atoms with E-state index in [1.54, 1.807) is 6.07 Å². The van der Waals surface area contributed by atoms with Crippen LogP contribution in [0.2, 0.25) is 0 Å². The van der Waals surface area contributed by atoms with Crippen molar-refractivity contribution >= 4 is 33.1 Å². The normalized spacial score (nSPS) is 10.5. The summed E-state index contributed by atoms with van der Waals surface area (Å²) in [5.41, 5.74) is 6.21. The summed E-state index contributed by atoms with van der Waals surface area (Å²) in [6.45, 7) is 0. The summed E-state index contributed by atoms with van der Waals surface area (Å²) in [6, 6.07) is 4.46. The molecule has 66 valence electrons. The number of nitro groups is 1. The quantitative estimate of drug-likeness (QED) is 0.555. The van der Waals surface area contributed by atoms with E-state index in [-0.39, 0.29) is 5.69 Å². The van der Waals surface area contributed by atoms with Crippen molar-refractivity contribution in [1.29, 1.82) is 0 Å². The highest BCUT2D eigenvalue weighted by Crippen LogP contribution is 2.27. The second-order valence-electron chi connectivity index (χ2n) is 2.51. The average molecular weight is 195 g/mol. The number of anilines is 1. The number of aromatic nitrogens is 1. The van der Waals surface area contributed by atoms with Gasteiger partial charge in [-0.15, -0.1) is 0 Å². The van der Waals surface area contributed by atoms with Gasteiger partial charge in [0.15, 0.2) is 0 Å². The van der Waals surface area contributed by atoms with E-state index >= 15 is 0 Å². The monoisotopic (exact) mass is 195 g/mol. The first-order valence-electron chi connectivity index (χ1n) is 3.48. The third-order valence-corrected chi connectivity index (χ3v) is 2.40. The van der Waals surface area contributed by atoms with Crippen LogP contribution in [-0.2, 0) is 0 Å². The maximum atomic E-state index is 10.4. The molecule has 0 aliphatic carbocycles. The molecule has 0 amide bonds. The molecular formula is C7H5N3O2S. The van der Waals surface area contributed by atoms with E-state index in [2.05, 4.69) is 4.37 Å². The molecule has 0 fully saturated rings. The Bertz CT molecular complexity index is 480. The summed E-state index contributed by atoms with van der Waals surface area (Å²) in [6.07, 6.45) is 0. The molecule has 1 heterocycles. The molecule has 2 rings (SSSR count). The first-order valence-corrected chi connectivity index (χ1v) is 4.25. The molecule has 0 radical (unpaired) electrons. The molecule has 5 nitrogen and oxygen atoms in total. The number of benzene rings is 1. The number of nitro benzene ring substituents is 1. The molecule has 1 aromatic heterocycles. The predicted octanol–water partition coefficient (Wildman–Crippen LogP) is 1.79. The molecule has 0 spiro atoms. The smallest absolute Gasteiger partial charge is 0.271 e. The van der Waals surface area contributed by atoms with Crippen molar-refractivity contribution in [3.63, 3.8) is 0 Å². The number of fused-ring (bicyclic) bond motifs is 1. The minimum Gasteiger partial charge on any atom is -0.389 e. The van der Waals surface area contributed by atoms with Gasteiger partial charge in [0.2, 0.25) is 0 Å². The molecule has 0 saturated heterocycles. The molecule has 0 saturated carbocycles. The molecule has 0 atom stereocenters. The van der Waals surface area contributed by atoms with E-state index in [4.69, 9.17) is 5.73 Å². The van der Waals surface area contributed by atoms with Crippen molar-refractivity contribution < 1.29 is 4.92 Å². The molecule has 1 aromatic carbocycles. The number of nitrogens with two attached hydrogens (primary N) is 1. The van der Waals surface area contributed by atoms with Gasteiger partial charge in [-0.05, 0) is 17.6 Å². The Labute approximate surface area is 77.1 Å². The van der Waals surface area contributed by atoms with Crippen LogP contribution in [0.5, 0.6) is 0 Å². The Morgan fingerprint density at radius 3 is 3.00 bits per heavy atom. The van der Waals surface area contributed by atoms with E-state index in [0.717, 1.165) is 16.9 Å². The number of rotatable bonds is 1. The second-order valence-corrected chi connectivity index (χ2v) is 3.31. The lowest BCUT2D eigenvalue weighted by atomic mass is 10.2. The summed E-state index contributed by atoms with van der Waals surface area (Å²) in [4.78, 5) is 9.95. The van der Waals surface area contributed by atoms with Gasteiger partial charge < -0.3 is 5.73 Å². The number of non-ortho nitro benzene ring substituents is 1. The topological polar surface area (TPSA) is 82.0 Å². The van der Waals surface area contributed by atoms with Crippen LogP contribution < -0.4 is 5.73 Å². The summed E-state index contributed by atoms with van der Waals surface area (Å²) < 4.78 is 3.97. The first-order chi connectivity index (χ1) is 6.18. The fourth-order valence-corrected chi connectivity index (χ4v) is 1.68. The highest BCUT2D eigenvalue weighted by atomic mass is 32.1. The van der Waals surface area contributed by atoms with Gasteiger partial charge in [-0.25, -0.2) is 0 Å². The van der Waals surface area contributed by atoms with E-state index in [0.29, 0.717) is 10.5 Å². The standard InChI is InChI=1S/C7H5N3O2S/c8-7-5-2-1-4(10(11)12)3-6(5)9-13-7/h1-3H,8H2. The Hall–Kier alpha value is -1.69. The van der Waals surface area contributed by atoms with Crippen LogP contribution in [0.4, 0.5) is 10.7 Å². The fourth-order valence-electron chi connectivity index (χ4n) is 1.07. The van der Waals surface area contributed by atoms with E-state index in [9.17, 15) is 10.1 Å². The zero-order valence-corrected chi connectivity index (χ0v) is 7.25. The Morgan fingerprint density at radius 2 is 2.31 bits per heavy atom. The van der Waals surface area contributed by atoms with Crippen molar-refractivity contribution in [2.24, 2.45) is 0 Å². The minimum absolute atomic E-state index is 0.0396. The largest absolute Gasteiger partial charge is 0.389 e. The zero-order chi connectivity index (χ0) is 9.42. The third kappa shape index (κ3) is 1.20.